The van der Waals surface area contributed by atoms with Gasteiger partial charge in [-0.3, -0.25) is 9.79 Å². The lowest BCUT2D eigenvalue weighted by Gasteiger charge is -2.15. The highest BCUT2D eigenvalue weighted by atomic mass is 32.2. The monoisotopic (exact) mass is 369 g/mol. The minimum Gasteiger partial charge on any atom is -0.467 e. The standard InChI is InChI=1S/C15H19N3O4S2/c1-4-9(19)5-11(20)16-6-12-17-10(7-23-12)13-18-15(2,8-24-13)14(21)22-3/h4,7,9,19H,1,5-6,8H2,2-3H3,(H,16,20)/t9?,15-/m0/s1. The second-order valence-electron chi connectivity index (χ2n) is 5.38. The van der Waals surface area contributed by atoms with E-state index in [0.29, 0.717) is 16.5 Å². The predicted molar refractivity (Wildman–Crippen MR) is 94.2 cm³/mol. The fraction of sp³-hybridized carbons (Fsp3) is 0.467. The first kappa shape index (κ1) is 18.6. The number of thioether (sulfide) groups is 1. The summed E-state index contributed by atoms with van der Waals surface area (Å²) in [6, 6.07) is 0. The van der Waals surface area contributed by atoms with Gasteiger partial charge in [0.1, 0.15) is 15.7 Å². The van der Waals surface area contributed by atoms with Gasteiger partial charge in [-0.25, -0.2) is 9.78 Å². The number of nitrogens with one attached hydrogen (secondary N) is 1. The van der Waals surface area contributed by atoms with E-state index in [9.17, 15) is 14.7 Å². The lowest BCUT2D eigenvalue weighted by atomic mass is 10.1. The molecule has 2 heterocycles. The van der Waals surface area contributed by atoms with Crippen molar-refractivity contribution in [1.29, 1.82) is 0 Å². The summed E-state index contributed by atoms with van der Waals surface area (Å²) in [6.07, 6.45) is 0.438. The molecule has 0 aromatic carbocycles. The van der Waals surface area contributed by atoms with Crippen molar-refractivity contribution in [2.24, 2.45) is 4.99 Å². The van der Waals surface area contributed by atoms with Crippen molar-refractivity contribution in [2.75, 3.05) is 12.9 Å². The molecule has 1 aromatic heterocycles. The molecular weight excluding hydrogens is 350 g/mol. The molecular formula is C15H19N3O4S2. The van der Waals surface area contributed by atoms with Crippen molar-refractivity contribution in [3.63, 3.8) is 0 Å². The molecule has 0 saturated heterocycles. The number of ether oxygens (including phenoxy) is 1. The number of aliphatic imine (C=N–C) groups is 1. The number of aliphatic hydroxyl groups is 1. The topological polar surface area (TPSA) is 101 Å². The zero-order valence-electron chi connectivity index (χ0n) is 13.4. The SMILES string of the molecule is C=CC(O)CC(=O)NCc1nc(C2=N[C@](C)(C(=O)OC)CS2)cs1. The van der Waals surface area contributed by atoms with Gasteiger partial charge in [0.2, 0.25) is 5.91 Å². The smallest absolute Gasteiger partial charge is 0.334 e. The van der Waals surface area contributed by atoms with Crippen LogP contribution in [0.5, 0.6) is 0 Å². The van der Waals surface area contributed by atoms with Crippen LogP contribution in [-0.4, -0.2) is 51.5 Å². The Morgan fingerprint density at radius 2 is 2.38 bits per heavy atom. The summed E-state index contributed by atoms with van der Waals surface area (Å²) in [5.74, 6) is -0.128. The molecule has 0 spiro atoms. The first-order valence-electron chi connectivity index (χ1n) is 7.21. The summed E-state index contributed by atoms with van der Waals surface area (Å²) < 4.78 is 4.78. The summed E-state index contributed by atoms with van der Waals surface area (Å²) >= 11 is 2.86. The van der Waals surface area contributed by atoms with E-state index in [4.69, 9.17) is 4.74 Å². The van der Waals surface area contributed by atoms with Crippen LogP contribution in [0.25, 0.3) is 0 Å². The van der Waals surface area contributed by atoms with Gasteiger partial charge in [0, 0.05) is 11.1 Å². The second-order valence-corrected chi connectivity index (χ2v) is 7.29. The number of amides is 1. The van der Waals surface area contributed by atoms with Crippen LogP contribution in [0.4, 0.5) is 0 Å². The number of nitrogens with zero attached hydrogens (tertiary/aromatic N) is 2. The number of aliphatic hydroxyl groups excluding tert-OH is 1. The average Bonchev–Trinajstić information content (AvgIpc) is 3.19. The van der Waals surface area contributed by atoms with Gasteiger partial charge in [-0.05, 0) is 6.92 Å². The van der Waals surface area contributed by atoms with Crippen molar-refractivity contribution >= 4 is 40.0 Å². The van der Waals surface area contributed by atoms with Gasteiger partial charge in [0.05, 0.1) is 26.2 Å². The van der Waals surface area contributed by atoms with E-state index in [1.165, 1.54) is 36.3 Å². The molecule has 9 heteroatoms. The van der Waals surface area contributed by atoms with Gasteiger partial charge in [-0.15, -0.1) is 29.7 Å². The Labute approximate surface area is 148 Å². The van der Waals surface area contributed by atoms with E-state index in [1.54, 1.807) is 6.92 Å². The Morgan fingerprint density at radius 1 is 1.62 bits per heavy atom. The maximum absolute atomic E-state index is 11.8. The van der Waals surface area contributed by atoms with Gasteiger partial charge >= 0.3 is 5.97 Å². The van der Waals surface area contributed by atoms with Crippen molar-refractivity contribution in [3.05, 3.63) is 28.7 Å². The lowest BCUT2D eigenvalue weighted by molar-refractivity contribution is -0.145. The van der Waals surface area contributed by atoms with E-state index in [0.717, 1.165) is 5.01 Å². The predicted octanol–water partition coefficient (Wildman–Crippen LogP) is 1.12. The minimum atomic E-state index is -0.881. The van der Waals surface area contributed by atoms with Gasteiger partial charge in [0.25, 0.3) is 0 Å². The minimum absolute atomic E-state index is 0.0260. The Kier molecular flexibility index (Phi) is 6.14. The molecule has 1 aromatic rings. The molecule has 1 amide bonds. The third-order valence-corrected chi connectivity index (χ3v) is 5.47. The number of esters is 1. The molecule has 0 radical (unpaired) electrons. The van der Waals surface area contributed by atoms with Crippen LogP contribution in [0.1, 0.15) is 24.0 Å². The number of carbonyl (C=O) groups excluding carboxylic acids is 2. The summed E-state index contributed by atoms with van der Waals surface area (Å²) in [7, 11) is 1.35. The van der Waals surface area contributed by atoms with Crippen LogP contribution in [0, 0.1) is 0 Å². The lowest BCUT2D eigenvalue weighted by Crippen LogP contribution is -2.34. The van der Waals surface area contributed by atoms with Crippen LogP contribution >= 0.6 is 23.1 Å². The molecule has 2 rings (SSSR count). The zero-order chi connectivity index (χ0) is 17.7. The quantitative estimate of drug-likeness (QED) is 0.552. The molecule has 1 aliphatic heterocycles. The van der Waals surface area contributed by atoms with Gasteiger partial charge in [-0.2, -0.15) is 0 Å². The van der Waals surface area contributed by atoms with Crippen molar-refractivity contribution in [1.82, 2.24) is 10.3 Å². The Bertz CT molecular complexity index is 673. The number of hydrogen-bond donors (Lipinski definition) is 2. The van der Waals surface area contributed by atoms with Crippen molar-refractivity contribution in [2.45, 2.75) is 31.5 Å². The van der Waals surface area contributed by atoms with E-state index < -0.39 is 11.6 Å². The number of methoxy groups -OCH3 is 1. The highest BCUT2D eigenvalue weighted by Crippen LogP contribution is 2.32. The maximum Gasteiger partial charge on any atom is 0.334 e. The molecule has 1 aliphatic rings. The molecule has 2 N–H and O–H groups in total. The van der Waals surface area contributed by atoms with E-state index in [2.05, 4.69) is 21.9 Å². The fourth-order valence-electron chi connectivity index (χ4n) is 1.96. The maximum atomic E-state index is 11.8. The van der Waals surface area contributed by atoms with Crippen molar-refractivity contribution < 1.29 is 19.4 Å². The van der Waals surface area contributed by atoms with Crippen LogP contribution in [0.3, 0.4) is 0 Å². The zero-order valence-corrected chi connectivity index (χ0v) is 15.1. The number of hydrogen-bond acceptors (Lipinski definition) is 8. The summed E-state index contributed by atoms with van der Waals surface area (Å²) in [4.78, 5) is 32.3. The van der Waals surface area contributed by atoms with Crippen LogP contribution in [0.15, 0.2) is 23.0 Å². The molecule has 0 saturated carbocycles. The third-order valence-electron chi connectivity index (χ3n) is 3.34. The number of aromatic nitrogens is 1. The van der Waals surface area contributed by atoms with E-state index in [1.807, 2.05) is 5.38 Å². The van der Waals surface area contributed by atoms with E-state index in [-0.39, 0.29) is 24.8 Å². The average molecular weight is 369 g/mol. The Balaban J connectivity index is 1.96. The highest BCUT2D eigenvalue weighted by Gasteiger charge is 2.40. The normalized spacial score (nSPS) is 21.0. The number of rotatable bonds is 7. The molecule has 0 fully saturated rings. The van der Waals surface area contributed by atoms with Crippen LogP contribution < -0.4 is 5.32 Å². The Hall–Kier alpha value is -1.71. The molecule has 130 valence electrons. The van der Waals surface area contributed by atoms with Gasteiger partial charge in [-0.1, -0.05) is 6.08 Å². The van der Waals surface area contributed by atoms with Crippen LogP contribution in [0.2, 0.25) is 0 Å². The number of thiazole rings is 1. The van der Waals surface area contributed by atoms with E-state index >= 15 is 0 Å². The molecule has 2 atom stereocenters. The first-order chi connectivity index (χ1) is 11.4. The molecule has 7 nitrogen and oxygen atoms in total. The van der Waals surface area contributed by atoms with Gasteiger partial charge < -0.3 is 15.2 Å². The molecule has 0 aliphatic carbocycles. The van der Waals surface area contributed by atoms with Gasteiger partial charge in [0.15, 0.2) is 5.54 Å². The van der Waals surface area contributed by atoms with Crippen molar-refractivity contribution in [3.8, 4) is 0 Å². The summed E-state index contributed by atoms with van der Waals surface area (Å²) in [5, 5.41) is 15.3. The first-order valence-corrected chi connectivity index (χ1v) is 9.07. The van der Waals surface area contributed by atoms with Crippen LogP contribution in [-0.2, 0) is 20.9 Å². The molecule has 1 unspecified atom stereocenters. The largest absolute Gasteiger partial charge is 0.467 e. The highest BCUT2D eigenvalue weighted by molar-refractivity contribution is 8.14. The fourth-order valence-corrected chi connectivity index (χ4v) is 3.87. The third kappa shape index (κ3) is 4.43. The molecule has 0 bridgehead atoms. The summed E-state index contributed by atoms with van der Waals surface area (Å²) in [5.41, 5.74) is -0.193. The second kappa shape index (κ2) is 7.91. The molecule has 24 heavy (non-hydrogen) atoms. The Morgan fingerprint density at radius 3 is 3.04 bits per heavy atom. The summed E-state index contributed by atoms with van der Waals surface area (Å²) in [6.45, 7) is 5.43. The number of carbonyl (C=O) groups is 2.